The fraction of sp³-hybridized carbons (Fsp3) is 0.278. The summed E-state index contributed by atoms with van der Waals surface area (Å²) in [6.45, 7) is 2.85. The van der Waals surface area contributed by atoms with Gasteiger partial charge in [-0.15, -0.1) is 0 Å². The van der Waals surface area contributed by atoms with Crippen LogP contribution in [0.5, 0.6) is 0 Å². The molecule has 1 saturated heterocycles. The molecule has 2 aromatic rings. The topological polar surface area (TPSA) is 41.6 Å². The number of hydrogen-bond acceptors (Lipinski definition) is 3. The Morgan fingerprint density at radius 1 is 1.17 bits per heavy atom. The number of hydrogen-bond donors (Lipinski definition) is 1. The first-order valence-electron chi connectivity index (χ1n) is 7.79. The van der Waals surface area contributed by atoms with Gasteiger partial charge in [0.25, 0.3) is 0 Å². The summed E-state index contributed by atoms with van der Waals surface area (Å²) in [4.78, 5) is 14.6. The molecule has 0 aliphatic carbocycles. The summed E-state index contributed by atoms with van der Waals surface area (Å²) in [5, 5.41) is 3.63. The quantitative estimate of drug-likeness (QED) is 0.826. The smallest absolute Gasteiger partial charge is 0.228 e. The molecule has 0 radical (unpaired) electrons. The van der Waals surface area contributed by atoms with Crippen LogP contribution in [0.3, 0.4) is 0 Å². The van der Waals surface area contributed by atoms with Crippen molar-refractivity contribution in [2.75, 3.05) is 36.5 Å². The molecule has 0 unspecified atom stereocenters. The molecule has 1 heterocycles. The Morgan fingerprint density at radius 2 is 1.88 bits per heavy atom. The fourth-order valence-corrected chi connectivity index (χ4v) is 3.27. The summed E-state index contributed by atoms with van der Waals surface area (Å²) in [5.41, 5.74) is 2.57. The number of halogens is 2. The minimum atomic E-state index is -0.0610. The molecule has 0 spiro atoms. The van der Waals surface area contributed by atoms with Crippen molar-refractivity contribution in [1.29, 1.82) is 0 Å². The Bertz CT molecular complexity index is 715. The zero-order valence-electron chi connectivity index (χ0n) is 13.1. The average Bonchev–Trinajstić information content (AvgIpc) is 2.58. The molecular formula is C18H18BrClN2O2. The van der Waals surface area contributed by atoms with E-state index in [4.69, 9.17) is 16.3 Å². The molecule has 1 aliphatic rings. The van der Waals surface area contributed by atoms with Gasteiger partial charge in [-0.2, -0.15) is 0 Å². The predicted octanol–water partition coefficient (Wildman–Crippen LogP) is 4.12. The van der Waals surface area contributed by atoms with Crippen LogP contribution in [0.4, 0.5) is 11.4 Å². The van der Waals surface area contributed by atoms with E-state index in [1.165, 1.54) is 0 Å². The van der Waals surface area contributed by atoms with Crippen molar-refractivity contribution in [2.24, 2.45) is 0 Å². The zero-order chi connectivity index (χ0) is 16.9. The molecule has 0 atom stereocenters. The van der Waals surface area contributed by atoms with Crippen LogP contribution in [-0.4, -0.2) is 32.2 Å². The van der Waals surface area contributed by atoms with Gasteiger partial charge in [0.05, 0.1) is 36.0 Å². The lowest BCUT2D eigenvalue weighted by atomic mass is 10.1. The van der Waals surface area contributed by atoms with Crippen molar-refractivity contribution < 1.29 is 9.53 Å². The minimum Gasteiger partial charge on any atom is -0.378 e. The third-order valence-corrected chi connectivity index (χ3v) is 4.70. The molecule has 6 heteroatoms. The van der Waals surface area contributed by atoms with E-state index in [0.29, 0.717) is 24.7 Å². The standard InChI is InChI=1S/C18H18BrClN2O2/c19-14-6-4-13(5-7-14)12-17(23)21-16-3-1-2-15(20)18(16)22-8-10-24-11-9-22/h1-7H,8-12H2,(H,21,23). The maximum atomic E-state index is 12.4. The number of rotatable bonds is 4. The minimum absolute atomic E-state index is 0.0610. The number of carbonyl (C=O) groups is 1. The van der Waals surface area contributed by atoms with E-state index < -0.39 is 0 Å². The van der Waals surface area contributed by atoms with E-state index in [9.17, 15) is 4.79 Å². The van der Waals surface area contributed by atoms with Gasteiger partial charge in [0.2, 0.25) is 5.91 Å². The molecule has 1 fully saturated rings. The van der Waals surface area contributed by atoms with Crippen LogP contribution in [0, 0.1) is 0 Å². The van der Waals surface area contributed by atoms with E-state index in [0.717, 1.165) is 34.5 Å². The number of carbonyl (C=O) groups excluding carboxylic acids is 1. The first-order chi connectivity index (χ1) is 11.6. The number of nitrogens with one attached hydrogen (secondary N) is 1. The molecule has 24 heavy (non-hydrogen) atoms. The zero-order valence-corrected chi connectivity index (χ0v) is 15.4. The normalized spacial score (nSPS) is 14.5. The van der Waals surface area contributed by atoms with Crippen LogP contribution in [0.15, 0.2) is 46.9 Å². The molecule has 2 aromatic carbocycles. The Hall–Kier alpha value is -1.56. The first-order valence-corrected chi connectivity index (χ1v) is 8.96. The number of nitrogens with zero attached hydrogens (tertiary/aromatic N) is 1. The molecule has 126 valence electrons. The second-order valence-corrected chi connectivity index (χ2v) is 6.91. The Balaban J connectivity index is 1.75. The molecular weight excluding hydrogens is 392 g/mol. The van der Waals surface area contributed by atoms with Crippen molar-refractivity contribution in [2.45, 2.75) is 6.42 Å². The van der Waals surface area contributed by atoms with Gasteiger partial charge in [0.15, 0.2) is 0 Å². The summed E-state index contributed by atoms with van der Waals surface area (Å²) in [7, 11) is 0. The second-order valence-electron chi connectivity index (χ2n) is 5.59. The maximum Gasteiger partial charge on any atom is 0.228 e. The van der Waals surface area contributed by atoms with Crippen LogP contribution in [0.1, 0.15) is 5.56 Å². The van der Waals surface area contributed by atoms with Crippen molar-refractivity contribution in [3.8, 4) is 0 Å². The van der Waals surface area contributed by atoms with Gasteiger partial charge in [0, 0.05) is 17.6 Å². The lowest BCUT2D eigenvalue weighted by Crippen LogP contribution is -2.37. The lowest BCUT2D eigenvalue weighted by molar-refractivity contribution is -0.115. The van der Waals surface area contributed by atoms with Crippen molar-refractivity contribution in [3.05, 3.63) is 57.5 Å². The lowest BCUT2D eigenvalue weighted by Gasteiger charge is -2.31. The number of benzene rings is 2. The van der Waals surface area contributed by atoms with E-state index in [1.54, 1.807) is 0 Å². The highest BCUT2D eigenvalue weighted by atomic mass is 79.9. The summed E-state index contributed by atoms with van der Waals surface area (Å²) in [5.74, 6) is -0.0610. The molecule has 4 nitrogen and oxygen atoms in total. The Kier molecular flexibility index (Phi) is 5.76. The Morgan fingerprint density at radius 3 is 2.58 bits per heavy atom. The van der Waals surface area contributed by atoms with Crippen LogP contribution < -0.4 is 10.2 Å². The number of amides is 1. The third kappa shape index (κ3) is 4.29. The molecule has 0 bridgehead atoms. The molecule has 3 rings (SSSR count). The van der Waals surface area contributed by atoms with E-state index in [2.05, 4.69) is 26.1 Å². The Labute approximate surface area is 154 Å². The summed E-state index contributed by atoms with van der Waals surface area (Å²) >= 11 is 9.78. The highest BCUT2D eigenvalue weighted by Gasteiger charge is 2.19. The van der Waals surface area contributed by atoms with Crippen LogP contribution in [0.25, 0.3) is 0 Å². The summed E-state index contributed by atoms with van der Waals surface area (Å²) in [6, 6.07) is 13.3. The third-order valence-electron chi connectivity index (χ3n) is 3.87. The maximum absolute atomic E-state index is 12.4. The molecule has 1 N–H and O–H groups in total. The molecule has 1 amide bonds. The number of morpholine rings is 1. The van der Waals surface area contributed by atoms with Gasteiger partial charge in [-0.1, -0.05) is 45.7 Å². The fourth-order valence-electron chi connectivity index (χ4n) is 2.71. The largest absolute Gasteiger partial charge is 0.378 e. The van der Waals surface area contributed by atoms with E-state index in [-0.39, 0.29) is 5.91 Å². The number of anilines is 2. The van der Waals surface area contributed by atoms with Crippen molar-refractivity contribution in [3.63, 3.8) is 0 Å². The second kappa shape index (κ2) is 8.01. The van der Waals surface area contributed by atoms with Crippen LogP contribution in [-0.2, 0) is 16.0 Å². The van der Waals surface area contributed by atoms with Crippen molar-refractivity contribution >= 4 is 44.8 Å². The van der Waals surface area contributed by atoms with Gasteiger partial charge in [-0.05, 0) is 29.8 Å². The summed E-state index contributed by atoms with van der Waals surface area (Å²) < 4.78 is 6.39. The van der Waals surface area contributed by atoms with Gasteiger partial charge in [-0.25, -0.2) is 0 Å². The van der Waals surface area contributed by atoms with Gasteiger partial charge >= 0.3 is 0 Å². The molecule has 1 aliphatic heterocycles. The van der Waals surface area contributed by atoms with Crippen molar-refractivity contribution in [1.82, 2.24) is 0 Å². The van der Waals surface area contributed by atoms with Crippen LogP contribution >= 0.6 is 27.5 Å². The predicted molar refractivity (Wildman–Crippen MR) is 101 cm³/mol. The molecule has 0 saturated carbocycles. The number of para-hydroxylation sites is 1. The molecule has 0 aromatic heterocycles. The summed E-state index contributed by atoms with van der Waals surface area (Å²) in [6.07, 6.45) is 0.322. The highest BCUT2D eigenvalue weighted by Crippen LogP contribution is 2.34. The van der Waals surface area contributed by atoms with Gasteiger partial charge < -0.3 is 15.0 Å². The van der Waals surface area contributed by atoms with E-state index >= 15 is 0 Å². The SMILES string of the molecule is O=C(Cc1ccc(Br)cc1)Nc1cccc(Cl)c1N1CCOCC1. The number of ether oxygens (including phenoxy) is 1. The monoisotopic (exact) mass is 408 g/mol. The highest BCUT2D eigenvalue weighted by molar-refractivity contribution is 9.10. The average molecular weight is 410 g/mol. The van der Waals surface area contributed by atoms with Gasteiger partial charge in [0.1, 0.15) is 0 Å². The van der Waals surface area contributed by atoms with Gasteiger partial charge in [-0.3, -0.25) is 4.79 Å². The first kappa shape index (κ1) is 17.3. The van der Waals surface area contributed by atoms with E-state index in [1.807, 2.05) is 42.5 Å². The van der Waals surface area contributed by atoms with Crippen LogP contribution in [0.2, 0.25) is 5.02 Å².